The third kappa shape index (κ3) is 3.92. The number of rotatable bonds is 6. The van der Waals surface area contributed by atoms with Crippen LogP contribution in [0.1, 0.15) is 24.2 Å². The summed E-state index contributed by atoms with van der Waals surface area (Å²) in [4.78, 5) is 21.8. The van der Waals surface area contributed by atoms with Crippen LogP contribution in [0.15, 0.2) is 18.2 Å². The summed E-state index contributed by atoms with van der Waals surface area (Å²) in [5, 5.41) is 22.9. The number of carbonyl (C=O) groups is 1. The van der Waals surface area contributed by atoms with Gasteiger partial charge < -0.3 is 15.2 Å². The molecule has 0 aliphatic rings. The van der Waals surface area contributed by atoms with Gasteiger partial charge >= 0.3 is 5.69 Å². The van der Waals surface area contributed by atoms with Crippen molar-refractivity contribution in [1.29, 1.82) is 0 Å². The molecule has 0 fully saturated rings. The maximum Gasteiger partial charge on any atom is 0.311 e. The van der Waals surface area contributed by atoms with Crippen LogP contribution in [0.5, 0.6) is 5.75 Å². The number of amides is 1. The van der Waals surface area contributed by atoms with E-state index in [1.54, 1.807) is 6.92 Å². The van der Waals surface area contributed by atoms with Crippen LogP contribution in [0.2, 0.25) is 0 Å². The average molecular weight is 268 g/mol. The molecule has 1 amide bonds. The van der Waals surface area contributed by atoms with Crippen LogP contribution in [-0.2, 0) is 4.74 Å². The van der Waals surface area contributed by atoms with E-state index in [1.807, 2.05) is 6.92 Å². The predicted octanol–water partition coefficient (Wildman–Crippen LogP) is 1.46. The third-order valence-electron chi connectivity index (χ3n) is 2.41. The molecule has 1 atom stereocenters. The number of ether oxygens (including phenoxy) is 1. The molecule has 1 unspecified atom stereocenters. The van der Waals surface area contributed by atoms with Crippen LogP contribution >= 0.6 is 0 Å². The van der Waals surface area contributed by atoms with E-state index in [0.717, 1.165) is 6.07 Å². The topological polar surface area (TPSA) is 102 Å². The van der Waals surface area contributed by atoms with Crippen molar-refractivity contribution in [2.45, 2.75) is 19.9 Å². The minimum Gasteiger partial charge on any atom is -0.502 e. The molecule has 104 valence electrons. The minimum atomic E-state index is -0.740. The molecular weight excluding hydrogens is 252 g/mol. The smallest absolute Gasteiger partial charge is 0.311 e. The van der Waals surface area contributed by atoms with Gasteiger partial charge in [0.05, 0.1) is 17.1 Å². The molecule has 0 aromatic heterocycles. The van der Waals surface area contributed by atoms with Crippen molar-refractivity contribution in [2.24, 2.45) is 0 Å². The highest BCUT2D eigenvalue weighted by Crippen LogP contribution is 2.29. The Balaban J connectivity index is 2.83. The van der Waals surface area contributed by atoms with E-state index in [2.05, 4.69) is 5.32 Å². The number of para-hydroxylation sites is 1. The molecule has 0 bridgehead atoms. The SMILES string of the molecule is CCOCC(C)NC(=O)c1cccc([N+](=O)[O-])c1O. The number of phenolic OH excluding ortho intramolecular Hbond substituents is 1. The fourth-order valence-electron chi connectivity index (χ4n) is 1.50. The molecule has 0 saturated carbocycles. The van der Waals surface area contributed by atoms with Gasteiger partial charge in [-0.1, -0.05) is 6.07 Å². The van der Waals surface area contributed by atoms with Crippen LogP contribution in [0.3, 0.4) is 0 Å². The molecule has 1 aromatic rings. The summed E-state index contributed by atoms with van der Waals surface area (Å²) >= 11 is 0. The highest BCUT2D eigenvalue weighted by Gasteiger charge is 2.21. The van der Waals surface area contributed by atoms with E-state index in [-0.39, 0.29) is 11.6 Å². The minimum absolute atomic E-state index is 0.127. The first-order valence-electron chi connectivity index (χ1n) is 5.82. The molecule has 7 heteroatoms. The quantitative estimate of drug-likeness (QED) is 0.600. The highest BCUT2D eigenvalue weighted by molar-refractivity contribution is 5.98. The first kappa shape index (κ1) is 14.9. The summed E-state index contributed by atoms with van der Waals surface area (Å²) in [6.07, 6.45) is 0. The number of nitro groups is 1. The maximum atomic E-state index is 11.9. The van der Waals surface area contributed by atoms with Gasteiger partial charge in [0.1, 0.15) is 0 Å². The number of nitrogens with one attached hydrogen (secondary N) is 1. The number of hydrogen-bond donors (Lipinski definition) is 2. The molecule has 0 heterocycles. The lowest BCUT2D eigenvalue weighted by Gasteiger charge is -2.14. The maximum absolute atomic E-state index is 11.9. The van der Waals surface area contributed by atoms with Gasteiger partial charge in [0.25, 0.3) is 5.91 Å². The Morgan fingerprint density at radius 1 is 1.58 bits per heavy atom. The van der Waals surface area contributed by atoms with E-state index in [4.69, 9.17) is 4.74 Å². The Hall–Kier alpha value is -2.15. The molecular formula is C12H16N2O5. The molecule has 7 nitrogen and oxygen atoms in total. The van der Waals surface area contributed by atoms with Crippen LogP contribution in [0.25, 0.3) is 0 Å². The lowest BCUT2D eigenvalue weighted by atomic mass is 10.1. The predicted molar refractivity (Wildman–Crippen MR) is 68.2 cm³/mol. The van der Waals surface area contributed by atoms with Crippen LogP contribution in [-0.4, -0.2) is 35.2 Å². The Morgan fingerprint density at radius 3 is 2.84 bits per heavy atom. The van der Waals surface area contributed by atoms with E-state index in [0.29, 0.717) is 13.2 Å². The van der Waals surface area contributed by atoms with Crippen LogP contribution < -0.4 is 5.32 Å². The summed E-state index contributed by atoms with van der Waals surface area (Å²) in [6.45, 7) is 4.43. The van der Waals surface area contributed by atoms with Gasteiger partial charge in [0, 0.05) is 18.7 Å². The van der Waals surface area contributed by atoms with Gasteiger partial charge in [0.15, 0.2) is 0 Å². The van der Waals surface area contributed by atoms with Gasteiger partial charge in [0.2, 0.25) is 5.75 Å². The van der Waals surface area contributed by atoms with Crippen molar-refractivity contribution in [2.75, 3.05) is 13.2 Å². The summed E-state index contributed by atoms with van der Waals surface area (Å²) in [5.41, 5.74) is -0.623. The second-order valence-corrected chi connectivity index (χ2v) is 3.96. The summed E-state index contributed by atoms with van der Waals surface area (Å²) in [7, 11) is 0. The Kier molecular flexibility index (Phi) is 5.25. The summed E-state index contributed by atoms with van der Waals surface area (Å²) in [6, 6.07) is 3.55. The molecule has 0 spiro atoms. The first-order chi connectivity index (χ1) is 8.97. The molecule has 1 aromatic carbocycles. The number of benzene rings is 1. The normalized spacial score (nSPS) is 11.9. The second kappa shape index (κ2) is 6.69. The summed E-state index contributed by atoms with van der Waals surface area (Å²) in [5.74, 6) is -1.21. The van der Waals surface area contributed by atoms with Crippen molar-refractivity contribution in [3.05, 3.63) is 33.9 Å². The third-order valence-corrected chi connectivity index (χ3v) is 2.41. The van der Waals surface area contributed by atoms with Gasteiger partial charge in [-0.15, -0.1) is 0 Å². The van der Waals surface area contributed by atoms with Crippen LogP contribution in [0.4, 0.5) is 5.69 Å². The summed E-state index contributed by atoms with van der Waals surface area (Å²) < 4.78 is 5.14. The largest absolute Gasteiger partial charge is 0.502 e. The monoisotopic (exact) mass is 268 g/mol. The number of carbonyl (C=O) groups excluding carboxylic acids is 1. The van der Waals surface area contributed by atoms with E-state index < -0.39 is 22.3 Å². The number of nitrogens with zero attached hydrogens (tertiary/aromatic N) is 1. The van der Waals surface area contributed by atoms with Crippen molar-refractivity contribution in [3.63, 3.8) is 0 Å². The number of hydrogen-bond acceptors (Lipinski definition) is 5. The van der Waals surface area contributed by atoms with Gasteiger partial charge in [-0.3, -0.25) is 14.9 Å². The van der Waals surface area contributed by atoms with E-state index in [1.165, 1.54) is 12.1 Å². The lowest BCUT2D eigenvalue weighted by Crippen LogP contribution is -2.35. The fraction of sp³-hybridized carbons (Fsp3) is 0.417. The van der Waals surface area contributed by atoms with Gasteiger partial charge in [-0.05, 0) is 19.9 Å². The highest BCUT2D eigenvalue weighted by atomic mass is 16.6. The Labute approximate surface area is 110 Å². The first-order valence-corrected chi connectivity index (χ1v) is 5.82. The average Bonchev–Trinajstić information content (AvgIpc) is 2.36. The second-order valence-electron chi connectivity index (χ2n) is 3.96. The van der Waals surface area contributed by atoms with Crippen molar-refractivity contribution >= 4 is 11.6 Å². The lowest BCUT2D eigenvalue weighted by molar-refractivity contribution is -0.385. The van der Waals surface area contributed by atoms with Crippen LogP contribution in [0, 0.1) is 10.1 Å². The molecule has 0 aliphatic heterocycles. The molecule has 0 saturated heterocycles. The number of aromatic hydroxyl groups is 1. The molecule has 2 N–H and O–H groups in total. The molecule has 0 aliphatic carbocycles. The number of nitro benzene ring substituents is 1. The number of phenols is 1. The standard InChI is InChI=1S/C12H16N2O5/c1-3-19-7-8(2)13-12(16)9-5-4-6-10(11(9)15)14(17)18/h4-6,8,15H,3,7H2,1-2H3,(H,13,16). The molecule has 0 radical (unpaired) electrons. The van der Waals surface area contributed by atoms with Crippen molar-refractivity contribution in [3.8, 4) is 5.75 Å². The molecule has 19 heavy (non-hydrogen) atoms. The van der Waals surface area contributed by atoms with Crippen molar-refractivity contribution in [1.82, 2.24) is 5.32 Å². The zero-order valence-electron chi connectivity index (χ0n) is 10.8. The van der Waals surface area contributed by atoms with E-state index >= 15 is 0 Å². The fourth-order valence-corrected chi connectivity index (χ4v) is 1.50. The van der Waals surface area contributed by atoms with Gasteiger partial charge in [-0.25, -0.2) is 0 Å². The Morgan fingerprint density at radius 2 is 2.26 bits per heavy atom. The zero-order valence-corrected chi connectivity index (χ0v) is 10.8. The molecule has 1 rings (SSSR count). The van der Waals surface area contributed by atoms with E-state index in [9.17, 15) is 20.0 Å². The van der Waals surface area contributed by atoms with Gasteiger partial charge in [-0.2, -0.15) is 0 Å². The Bertz CT molecular complexity index is 475. The van der Waals surface area contributed by atoms with Crippen molar-refractivity contribution < 1.29 is 19.6 Å². The zero-order chi connectivity index (χ0) is 14.4.